The van der Waals surface area contributed by atoms with Crippen molar-refractivity contribution >= 4 is 49.4 Å². The number of aliphatic carboxylic acids is 1. The monoisotopic (exact) mass is 422 g/mol. The Labute approximate surface area is 141 Å². The van der Waals surface area contributed by atoms with Gasteiger partial charge in [0.2, 0.25) is 0 Å². The van der Waals surface area contributed by atoms with Gasteiger partial charge in [-0.15, -0.1) is 0 Å². The third kappa shape index (κ3) is 3.77. The van der Waals surface area contributed by atoms with Gasteiger partial charge in [0.1, 0.15) is 4.83 Å². The van der Waals surface area contributed by atoms with Gasteiger partial charge in [0, 0.05) is 5.02 Å². The number of carboxylic acids is 1. The third-order valence-electron chi connectivity index (χ3n) is 3.88. The van der Waals surface area contributed by atoms with Crippen LogP contribution in [0.25, 0.3) is 0 Å². The zero-order chi connectivity index (χ0) is 14.7. The van der Waals surface area contributed by atoms with E-state index in [2.05, 4.69) is 37.9 Å². The van der Waals surface area contributed by atoms with Crippen LogP contribution in [0.5, 0.6) is 0 Å². The molecule has 1 aliphatic rings. The summed E-state index contributed by atoms with van der Waals surface area (Å²) in [7, 11) is 0. The fraction of sp³-hybridized carbons (Fsp3) is 0.533. The topological polar surface area (TPSA) is 37.3 Å². The molecule has 1 saturated carbocycles. The molecule has 1 N–H and O–H groups in total. The summed E-state index contributed by atoms with van der Waals surface area (Å²) in [6, 6.07) is 5.93. The number of halogens is 3. The van der Waals surface area contributed by atoms with Gasteiger partial charge in [-0.25, -0.2) is 0 Å². The molecule has 1 aromatic rings. The Bertz CT molecular complexity index is 487. The van der Waals surface area contributed by atoms with E-state index in [0.717, 1.165) is 10.6 Å². The predicted molar refractivity (Wildman–Crippen MR) is 89.3 cm³/mol. The van der Waals surface area contributed by atoms with E-state index >= 15 is 0 Å². The molecular weight excluding hydrogens is 407 g/mol. The minimum atomic E-state index is -0.889. The highest BCUT2D eigenvalue weighted by molar-refractivity contribution is 9.12. The Morgan fingerprint density at radius 3 is 2.45 bits per heavy atom. The molecule has 20 heavy (non-hydrogen) atoms. The van der Waals surface area contributed by atoms with Crippen molar-refractivity contribution in [1.82, 2.24) is 0 Å². The molecule has 0 bridgehead atoms. The first-order valence-electron chi connectivity index (χ1n) is 6.81. The van der Waals surface area contributed by atoms with Crippen molar-refractivity contribution in [2.24, 2.45) is 0 Å². The van der Waals surface area contributed by atoms with Crippen LogP contribution in [0.1, 0.15) is 54.0 Å². The van der Waals surface area contributed by atoms with Gasteiger partial charge in [0.25, 0.3) is 0 Å². The molecular formula is C15H17Br2ClO2. The number of rotatable bonds is 4. The number of carbonyl (C=O) groups is 1. The Kier molecular flexibility index (Phi) is 5.94. The van der Waals surface area contributed by atoms with Crippen LogP contribution < -0.4 is 0 Å². The van der Waals surface area contributed by atoms with E-state index in [1.54, 1.807) is 0 Å². The van der Waals surface area contributed by atoms with E-state index in [4.69, 9.17) is 16.7 Å². The summed E-state index contributed by atoms with van der Waals surface area (Å²) in [4.78, 5) is 10.0. The molecule has 0 aliphatic heterocycles. The standard InChI is InChI=1S/C15H17Br2ClO2/c16-13(14(17)15(19)20)10-6-7-11(12(18)8-10)9-4-2-1-3-5-9/h6-9,13-14H,1-5H2,(H,19,20). The molecule has 110 valence electrons. The largest absolute Gasteiger partial charge is 0.480 e. The van der Waals surface area contributed by atoms with Crippen LogP contribution in [-0.4, -0.2) is 15.9 Å². The van der Waals surface area contributed by atoms with Crippen LogP contribution in [0.15, 0.2) is 18.2 Å². The summed E-state index contributed by atoms with van der Waals surface area (Å²) in [5, 5.41) is 9.79. The normalized spacial score (nSPS) is 19.6. The molecule has 2 nitrogen and oxygen atoms in total. The van der Waals surface area contributed by atoms with Crippen molar-refractivity contribution in [3.63, 3.8) is 0 Å². The van der Waals surface area contributed by atoms with E-state index in [1.165, 1.54) is 37.7 Å². The molecule has 1 aliphatic carbocycles. The first-order chi connectivity index (χ1) is 9.50. The molecule has 0 saturated heterocycles. The average Bonchev–Trinajstić information content (AvgIpc) is 2.46. The summed E-state index contributed by atoms with van der Waals surface area (Å²) >= 11 is 13.0. The van der Waals surface area contributed by atoms with Crippen molar-refractivity contribution < 1.29 is 9.90 Å². The van der Waals surface area contributed by atoms with Gasteiger partial charge < -0.3 is 5.11 Å². The van der Waals surface area contributed by atoms with Crippen molar-refractivity contribution in [2.75, 3.05) is 0 Å². The maximum Gasteiger partial charge on any atom is 0.318 e. The number of hydrogen-bond acceptors (Lipinski definition) is 1. The summed E-state index contributed by atoms with van der Waals surface area (Å²) in [5.41, 5.74) is 2.09. The number of hydrogen-bond donors (Lipinski definition) is 1. The molecule has 0 radical (unpaired) electrons. The molecule has 2 unspecified atom stereocenters. The van der Waals surface area contributed by atoms with Crippen molar-refractivity contribution in [2.45, 2.75) is 47.7 Å². The van der Waals surface area contributed by atoms with Gasteiger partial charge in [0.15, 0.2) is 0 Å². The zero-order valence-corrected chi connectivity index (χ0v) is 14.9. The molecule has 5 heteroatoms. The Morgan fingerprint density at radius 2 is 1.90 bits per heavy atom. The molecule has 0 aromatic heterocycles. The van der Waals surface area contributed by atoms with E-state index in [1.807, 2.05) is 12.1 Å². The summed E-state index contributed by atoms with van der Waals surface area (Å²) in [5.74, 6) is -0.335. The van der Waals surface area contributed by atoms with E-state index in [0.29, 0.717) is 5.92 Å². The summed E-state index contributed by atoms with van der Waals surface area (Å²) in [6.45, 7) is 0. The first kappa shape index (κ1) is 16.3. The molecule has 0 spiro atoms. The lowest BCUT2D eigenvalue weighted by Gasteiger charge is -2.24. The number of carboxylic acid groups (broad SMARTS) is 1. The third-order valence-corrected chi connectivity index (χ3v) is 6.90. The zero-order valence-electron chi connectivity index (χ0n) is 11.0. The second kappa shape index (κ2) is 7.28. The highest BCUT2D eigenvalue weighted by Gasteiger charge is 2.26. The van der Waals surface area contributed by atoms with E-state index < -0.39 is 10.8 Å². The molecule has 2 rings (SSSR count). The minimum absolute atomic E-state index is 0.294. The van der Waals surface area contributed by atoms with E-state index in [9.17, 15) is 4.79 Å². The smallest absolute Gasteiger partial charge is 0.318 e. The van der Waals surface area contributed by atoms with Crippen LogP contribution in [0.2, 0.25) is 5.02 Å². The van der Waals surface area contributed by atoms with E-state index in [-0.39, 0.29) is 4.83 Å². The molecule has 2 atom stereocenters. The number of alkyl halides is 2. The predicted octanol–water partition coefficient (Wildman–Crippen LogP) is 5.67. The molecule has 0 heterocycles. The lowest BCUT2D eigenvalue weighted by atomic mass is 9.83. The van der Waals surface area contributed by atoms with Gasteiger partial charge in [0.05, 0.1) is 4.83 Å². The number of benzene rings is 1. The van der Waals surface area contributed by atoms with Gasteiger partial charge >= 0.3 is 5.97 Å². The maximum absolute atomic E-state index is 11.0. The van der Waals surface area contributed by atoms with Gasteiger partial charge in [-0.05, 0) is 36.0 Å². The maximum atomic E-state index is 11.0. The summed E-state index contributed by atoms with van der Waals surface area (Å²) < 4.78 is 0. The summed E-state index contributed by atoms with van der Waals surface area (Å²) in [6.07, 6.45) is 6.26. The lowest BCUT2D eigenvalue weighted by Crippen LogP contribution is -2.18. The average molecular weight is 425 g/mol. The fourth-order valence-electron chi connectivity index (χ4n) is 2.75. The second-order valence-electron chi connectivity index (χ2n) is 5.26. The van der Waals surface area contributed by atoms with Gasteiger partial charge in [-0.2, -0.15) is 0 Å². The SMILES string of the molecule is O=C(O)C(Br)C(Br)c1ccc(C2CCCCC2)c(Cl)c1. The minimum Gasteiger partial charge on any atom is -0.480 e. The van der Waals surface area contributed by atoms with Gasteiger partial charge in [-0.1, -0.05) is 74.9 Å². The Hall–Kier alpha value is -0.0600. The highest BCUT2D eigenvalue weighted by atomic mass is 79.9. The Balaban J connectivity index is 2.18. The van der Waals surface area contributed by atoms with Crippen LogP contribution in [0, 0.1) is 0 Å². The molecule has 1 fully saturated rings. The van der Waals surface area contributed by atoms with Crippen LogP contribution in [-0.2, 0) is 4.79 Å². The van der Waals surface area contributed by atoms with Gasteiger partial charge in [-0.3, -0.25) is 4.79 Å². The fourth-order valence-corrected chi connectivity index (χ4v) is 3.91. The van der Waals surface area contributed by atoms with Crippen molar-refractivity contribution in [1.29, 1.82) is 0 Å². The lowest BCUT2D eigenvalue weighted by molar-refractivity contribution is -0.136. The van der Waals surface area contributed by atoms with Crippen molar-refractivity contribution in [3.8, 4) is 0 Å². The first-order valence-corrected chi connectivity index (χ1v) is 9.02. The second-order valence-corrected chi connectivity index (χ2v) is 7.64. The molecule has 0 amide bonds. The van der Waals surface area contributed by atoms with Crippen molar-refractivity contribution in [3.05, 3.63) is 34.3 Å². The van der Waals surface area contributed by atoms with Crippen LogP contribution in [0.4, 0.5) is 0 Å². The van der Waals surface area contributed by atoms with Crippen LogP contribution in [0.3, 0.4) is 0 Å². The quantitative estimate of drug-likeness (QED) is 0.632. The molecule has 1 aromatic carbocycles. The Morgan fingerprint density at radius 1 is 1.25 bits per heavy atom. The highest BCUT2D eigenvalue weighted by Crippen LogP contribution is 2.39. The van der Waals surface area contributed by atoms with Crippen LogP contribution >= 0.6 is 43.5 Å².